The van der Waals surface area contributed by atoms with Gasteiger partial charge in [-0.25, -0.2) is 4.79 Å². The first-order chi connectivity index (χ1) is 17.4. The highest BCUT2D eigenvalue weighted by Gasteiger charge is 2.35. The Hall–Kier alpha value is -3.74. The third kappa shape index (κ3) is 6.73. The van der Waals surface area contributed by atoms with Crippen molar-refractivity contribution in [1.82, 2.24) is 29.8 Å². The number of aromatic nitrogens is 4. The Morgan fingerprint density at radius 2 is 1.81 bits per heavy atom. The van der Waals surface area contributed by atoms with Crippen LogP contribution in [0.15, 0.2) is 41.3 Å². The van der Waals surface area contributed by atoms with Gasteiger partial charge in [-0.2, -0.15) is 18.3 Å². The van der Waals surface area contributed by atoms with Crippen LogP contribution < -0.4 is 0 Å². The summed E-state index contributed by atoms with van der Waals surface area (Å²) in [4.78, 5) is 28.6. The highest BCUT2D eigenvalue weighted by molar-refractivity contribution is 5.87. The van der Waals surface area contributed by atoms with Crippen LogP contribution in [-0.2, 0) is 28.8 Å². The van der Waals surface area contributed by atoms with Gasteiger partial charge in [-0.05, 0) is 44.5 Å². The van der Waals surface area contributed by atoms with Gasteiger partial charge in [0.2, 0.25) is 18.2 Å². The summed E-state index contributed by atoms with van der Waals surface area (Å²) in [6.45, 7) is 7.66. The van der Waals surface area contributed by atoms with Crippen molar-refractivity contribution in [2.75, 3.05) is 26.2 Å². The predicted octanol–water partition coefficient (Wildman–Crippen LogP) is 3.25. The summed E-state index contributed by atoms with van der Waals surface area (Å²) in [6.07, 6.45) is -2.02. The van der Waals surface area contributed by atoms with Gasteiger partial charge in [-0.3, -0.25) is 14.4 Å². The Labute approximate surface area is 211 Å². The van der Waals surface area contributed by atoms with Crippen molar-refractivity contribution in [2.24, 2.45) is 0 Å². The van der Waals surface area contributed by atoms with E-state index >= 15 is 0 Å². The lowest BCUT2D eigenvalue weighted by Gasteiger charge is -2.34. The maximum Gasteiger partial charge on any atom is 0.417 e. The molecule has 1 aliphatic heterocycles. The summed E-state index contributed by atoms with van der Waals surface area (Å²) in [5.74, 6) is -0.900. The zero-order chi connectivity index (χ0) is 26.8. The lowest BCUT2D eigenvalue weighted by atomic mass is 10.0. The molecule has 198 valence electrons. The van der Waals surface area contributed by atoms with Gasteiger partial charge in [0.15, 0.2) is 5.69 Å². The molecule has 1 fully saturated rings. The molecule has 0 atom stereocenters. The van der Waals surface area contributed by atoms with Crippen molar-refractivity contribution < 1.29 is 31.9 Å². The van der Waals surface area contributed by atoms with E-state index in [0.29, 0.717) is 38.3 Å². The molecule has 10 nitrogen and oxygen atoms in total. The van der Waals surface area contributed by atoms with Crippen LogP contribution in [0.1, 0.15) is 42.4 Å². The van der Waals surface area contributed by atoms with E-state index < -0.39 is 23.3 Å². The van der Waals surface area contributed by atoms with Crippen molar-refractivity contribution in [2.45, 2.75) is 45.6 Å². The molecule has 3 heterocycles. The molecular formula is C24H27F3N6O4. The number of hydrogen-bond donors (Lipinski definition) is 0. The molecular weight excluding hydrogens is 493 g/mol. The quantitative estimate of drug-likeness (QED) is 0.456. The molecule has 3 aromatic rings. The lowest BCUT2D eigenvalue weighted by molar-refractivity contribution is -0.137. The fraction of sp³-hybridized carbons (Fsp3) is 0.458. The number of esters is 1. The Morgan fingerprint density at radius 1 is 1.08 bits per heavy atom. The Morgan fingerprint density at radius 3 is 2.43 bits per heavy atom. The third-order valence-corrected chi connectivity index (χ3v) is 5.66. The van der Waals surface area contributed by atoms with E-state index in [1.807, 2.05) is 0 Å². The fourth-order valence-electron chi connectivity index (χ4n) is 3.95. The van der Waals surface area contributed by atoms with Gasteiger partial charge in [-0.1, -0.05) is 6.07 Å². The molecule has 0 spiro atoms. The highest BCUT2D eigenvalue weighted by Crippen LogP contribution is 2.37. The molecule has 1 amide bonds. The summed E-state index contributed by atoms with van der Waals surface area (Å²) in [6, 6.07) is 5.37. The average molecular weight is 521 g/mol. The number of piperazine rings is 1. The van der Waals surface area contributed by atoms with Crippen LogP contribution in [-0.4, -0.2) is 73.4 Å². The number of ether oxygens (including phenoxy) is 1. The molecule has 2 aromatic heterocycles. The molecule has 0 unspecified atom stereocenters. The van der Waals surface area contributed by atoms with Gasteiger partial charge in [0.25, 0.3) is 0 Å². The second-order valence-corrected chi connectivity index (χ2v) is 9.68. The molecule has 1 saturated heterocycles. The maximum absolute atomic E-state index is 13.4. The molecule has 13 heteroatoms. The zero-order valence-electron chi connectivity index (χ0n) is 20.7. The van der Waals surface area contributed by atoms with Crippen molar-refractivity contribution in [3.8, 4) is 11.5 Å². The maximum atomic E-state index is 13.4. The smallest absolute Gasteiger partial charge is 0.417 e. The monoisotopic (exact) mass is 520 g/mol. The zero-order valence-corrected chi connectivity index (χ0v) is 20.7. The van der Waals surface area contributed by atoms with Gasteiger partial charge in [0, 0.05) is 38.9 Å². The molecule has 4 rings (SSSR count). The first-order valence-electron chi connectivity index (χ1n) is 11.6. The number of nitrogens with zero attached hydrogens (tertiary/aromatic N) is 6. The minimum Gasteiger partial charge on any atom is -0.455 e. The minimum atomic E-state index is -4.56. The number of carbonyl (C=O) groups excluding carboxylic acids is 2. The van der Waals surface area contributed by atoms with Crippen LogP contribution in [0.25, 0.3) is 11.5 Å². The molecule has 0 radical (unpaired) electrons. The summed E-state index contributed by atoms with van der Waals surface area (Å²) >= 11 is 0. The van der Waals surface area contributed by atoms with E-state index in [9.17, 15) is 22.8 Å². The van der Waals surface area contributed by atoms with Crippen molar-refractivity contribution >= 4 is 11.9 Å². The molecule has 0 saturated carbocycles. The molecule has 1 aromatic carbocycles. The molecule has 0 N–H and O–H groups in total. The van der Waals surface area contributed by atoms with Crippen molar-refractivity contribution in [3.05, 3.63) is 53.7 Å². The van der Waals surface area contributed by atoms with E-state index in [0.717, 1.165) is 12.5 Å². The number of rotatable bonds is 6. The van der Waals surface area contributed by atoms with E-state index in [1.165, 1.54) is 22.9 Å². The predicted molar refractivity (Wildman–Crippen MR) is 124 cm³/mol. The standard InChI is InChI=1S/C24H27F3N6O4/c1-23(2,3)37-22(35)19-6-7-33(30-19)14-20(34)32-10-8-31(9-11-32)13-16-4-5-18(24(25,26)27)17(12-16)21-29-28-15-36-21/h4-7,12,15H,8-11,13-14H2,1-3H3. The van der Waals surface area contributed by atoms with Gasteiger partial charge in [0.05, 0.1) is 11.1 Å². The molecule has 1 aliphatic rings. The number of halogens is 3. The third-order valence-electron chi connectivity index (χ3n) is 5.66. The summed E-state index contributed by atoms with van der Waals surface area (Å²) in [5, 5.41) is 11.3. The summed E-state index contributed by atoms with van der Waals surface area (Å²) < 4.78 is 52.0. The highest BCUT2D eigenvalue weighted by atomic mass is 19.4. The van der Waals surface area contributed by atoms with Crippen molar-refractivity contribution in [3.63, 3.8) is 0 Å². The number of alkyl halides is 3. The SMILES string of the molecule is CC(C)(C)OC(=O)c1ccn(CC(=O)N2CCN(Cc3ccc(C(F)(F)F)c(-c4nnco4)c3)CC2)n1. The minimum absolute atomic E-state index is 0.0186. The van der Waals surface area contributed by atoms with E-state index in [2.05, 4.69) is 20.2 Å². The van der Waals surface area contributed by atoms with Crippen LogP contribution in [0.3, 0.4) is 0 Å². The number of benzene rings is 1. The fourth-order valence-corrected chi connectivity index (χ4v) is 3.95. The largest absolute Gasteiger partial charge is 0.455 e. The van der Waals surface area contributed by atoms with E-state index in [-0.39, 0.29) is 29.6 Å². The average Bonchev–Trinajstić information content (AvgIpc) is 3.50. The number of hydrogen-bond acceptors (Lipinski definition) is 8. The normalized spacial score (nSPS) is 15.1. The van der Waals surface area contributed by atoms with Gasteiger partial charge in [-0.15, -0.1) is 10.2 Å². The molecule has 37 heavy (non-hydrogen) atoms. The van der Waals surface area contributed by atoms with Crippen LogP contribution in [0.5, 0.6) is 0 Å². The van der Waals surface area contributed by atoms with E-state index in [1.54, 1.807) is 31.9 Å². The van der Waals surface area contributed by atoms with Crippen molar-refractivity contribution in [1.29, 1.82) is 0 Å². The van der Waals surface area contributed by atoms with Gasteiger partial charge < -0.3 is 14.1 Å². The summed E-state index contributed by atoms with van der Waals surface area (Å²) in [7, 11) is 0. The van der Waals surface area contributed by atoms with Crippen LogP contribution in [0, 0.1) is 0 Å². The second kappa shape index (κ2) is 10.3. The molecule has 0 bridgehead atoms. The topological polar surface area (TPSA) is 107 Å². The van der Waals surface area contributed by atoms with Gasteiger partial charge in [0.1, 0.15) is 12.1 Å². The second-order valence-electron chi connectivity index (χ2n) is 9.68. The van der Waals surface area contributed by atoms with Gasteiger partial charge >= 0.3 is 12.1 Å². The summed E-state index contributed by atoms with van der Waals surface area (Å²) in [5.41, 5.74) is -0.868. The number of carbonyl (C=O) groups is 2. The lowest BCUT2D eigenvalue weighted by Crippen LogP contribution is -2.49. The van der Waals surface area contributed by atoms with E-state index in [4.69, 9.17) is 9.15 Å². The van der Waals surface area contributed by atoms with Crippen LogP contribution in [0.4, 0.5) is 13.2 Å². The van der Waals surface area contributed by atoms with Crippen LogP contribution in [0.2, 0.25) is 0 Å². The first kappa shape index (κ1) is 26.3. The Balaban J connectivity index is 1.33. The number of amides is 1. The Bertz CT molecular complexity index is 1240. The first-order valence-corrected chi connectivity index (χ1v) is 11.6. The van der Waals surface area contributed by atoms with Crippen LogP contribution >= 0.6 is 0 Å². The molecule has 0 aliphatic carbocycles. The Kier molecular flexibility index (Phi) is 7.35.